The van der Waals surface area contributed by atoms with E-state index in [1.54, 1.807) is 15.9 Å². The van der Waals surface area contributed by atoms with Gasteiger partial charge in [0.05, 0.1) is 22.3 Å². The number of hydrogen-bond donors (Lipinski definition) is 2. The Bertz CT molecular complexity index is 1340. The number of halogens is 2. The SMILES string of the molecule is CC(C)Nc1cc(-c2nn3cccc3cc2C#N)ncc1-c1nnc([C@H]2CC[C@H](N)CC2)s1.Cl.Cl. The van der Waals surface area contributed by atoms with Crippen molar-refractivity contribution in [2.24, 2.45) is 5.73 Å². The number of fused-ring (bicyclic) bond motifs is 1. The molecule has 0 aliphatic heterocycles. The molecule has 0 bridgehead atoms. The zero-order valence-electron chi connectivity index (χ0n) is 19.5. The van der Waals surface area contributed by atoms with Crippen LogP contribution in [-0.2, 0) is 0 Å². The van der Waals surface area contributed by atoms with Crippen LogP contribution in [-0.4, -0.2) is 36.9 Å². The van der Waals surface area contributed by atoms with E-state index < -0.39 is 0 Å². The highest BCUT2D eigenvalue weighted by atomic mass is 35.5. The lowest BCUT2D eigenvalue weighted by atomic mass is 9.87. The fourth-order valence-electron chi connectivity index (χ4n) is 4.30. The van der Waals surface area contributed by atoms with E-state index in [0.717, 1.165) is 52.5 Å². The molecule has 0 radical (unpaired) electrons. The molecule has 4 aromatic heterocycles. The van der Waals surface area contributed by atoms with Gasteiger partial charge in [-0.2, -0.15) is 10.4 Å². The molecule has 5 rings (SSSR count). The van der Waals surface area contributed by atoms with Gasteiger partial charge in [0, 0.05) is 36.1 Å². The van der Waals surface area contributed by atoms with Crippen LogP contribution in [0.15, 0.2) is 36.7 Å². The number of rotatable bonds is 5. The Morgan fingerprint density at radius 3 is 2.66 bits per heavy atom. The molecule has 0 spiro atoms. The largest absolute Gasteiger partial charge is 0.382 e. The fourth-order valence-corrected chi connectivity index (χ4v) is 5.34. The smallest absolute Gasteiger partial charge is 0.151 e. The molecule has 4 aromatic rings. The lowest BCUT2D eigenvalue weighted by molar-refractivity contribution is 0.393. The first-order valence-electron chi connectivity index (χ1n) is 11.3. The van der Waals surface area contributed by atoms with Crippen molar-refractivity contribution >= 4 is 47.4 Å². The molecule has 0 unspecified atom stereocenters. The summed E-state index contributed by atoms with van der Waals surface area (Å²) in [6.07, 6.45) is 7.88. The monoisotopic (exact) mass is 530 g/mol. The van der Waals surface area contributed by atoms with Gasteiger partial charge in [-0.3, -0.25) is 4.98 Å². The van der Waals surface area contributed by atoms with Crippen molar-refractivity contribution in [1.82, 2.24) is 24.8 Å². The molecule has 0 atom stereocenters. The minimum Gasteiger partial charge on any atom is -0.382 e. The van der Waals surface area contributed by atoms with Gasteiger partial charge in [0.25, 0.3) is 0 Å². The topological polar surface area (TPSA) is 118 Å². The molecule has 1 saturated carbocycles. The molecule has 11 heteroatoms. The van der Waals surface area contributed by atoms with E-state index in [0.29, 0.717) is 28.9 Å². The summed E-state index contributed by atoms with van der Waals surface area (Å²) in [6.45, 7) is 4.18. The van der Waals surface area contributed by atoms with Crippen LogP contribution in [0.5, 0.6) is 0 Å². The third-order valence-corrected chi connectivity index (χ3v) is 7.14. The van der Waals surface area contributed by atoms with Crippen molar-refractivity contribution in [3.63, 3.8) is 0 Å². The summed E-state index contributed by atoms with van der Waals surface area (Å²) in [6, 6.07) is 10.4. The van der Waals surface area contributed by atoms with Crippen LogP contribution in [0.4, 0.5) is 5.69 Å². The van der Waals surface area contributed by atoms with Gasteiger partial charge in [0.1, 0.15) is 16.8 Å². The molecule has 35 heavy (non-hydrogen) atoms. The van der Waals surface area contributed by atoms with Gasteiger partial charge in [-0.25, -0.2) is 4.52 Å². The zero-order chi connectivity index (χ0) is 22.9. The van der Waals surface area contributed by atoms with E-state index in [1.165, 1.54) is 0 Å². The van der Waals surface area contributed by atoms with Crippen LogP contribution >= 0.6 is 36.2 Å². The van der Waals surface area contributed by atoms with Crippen LogP contribution in [0, 0.1) is 11.3 Å². The number of nitriles is 1. The van der Waals surface area contributed by atoms with E-state index in [9.17, 15) is 5.26 Å². The molecule has 0 saturated heterocycles. The molecule has 4 heterocycles. The number of aromatic nitrogens is 5. The second-order valence-electron chi connectivity index (χ2n) is 8.87. The van der Waals surface area contributed by atoms with Crippen LogP contribution in [0.1, 0.15) is 56.0 Å². The van der Waals surface area contributed by atoms with Crippen LogP contribution < -0.4 is 11.1 Å². The minimum atomic E-state index is 0. The molecule has 1 fully saturated rings. The van der Waals surface area contributed by atoms with Gasteiger partial charge < -0.3 is 11.1 Å². The maximum absolute atomic E-state index is 9.70. The molecule has 3 N–H and O–H groups in total. The lowest BCUT2D eigenvalue weighted by Gasteiger charge is -2.23. The predicted molar refractivity (Wildman–Crippen MR) is 144 cm³/mol. The summed E-state index contributed by atoms with van der Waals surface area (Å²) in [4.78, 5) is 4.68. The Balaban J connectivity index is 0.00000171. The third kappa shape index (κ3) is 5.57. The quantitative estimate of drug-likeness (QED) is 0.352. The van der Waals surface area contributed by atoms with Gasteiger partial charge in [-0.1, -0.05) is 11.3 Å². The Labute approximate surface area is 220 Å². The predicted octanol–water partition coefficient (Wildman–Crippen LogP) is 5.44. The fraction of sp³-hybridized carbons (Fsp3) is 0.375. The molecular formula is C24H28Cl2N8S. The highest BCUT2D eigenvalue weighted by molar-refractivity contribution is 7.14. The Kier molecular flexibility index (Phi) is 8.67. The lowest BCUT2D eigenvalue weighted by Crippen LogP contribution is -2.25. The molecule has 8 nitrogen and oxygen atoms in total. The molecule has 184 valence electrons. The van der Waals surface area contributed by atoms with Crippen molar-refractivity contribution in [2.75, 3.05) is 5.32 Å². The summed E-state index contributed by atoms with van der Waals surface area (Å²) in [5, 5.41) is 28.8. The Morgan fingerprint density at radius 1 is 1.17 bits per heavy atom. The maximum atomic E-state index is 9.70. The van der Waals surface area contributed by atoms with Crippen molar-refractivity contribution < 1.29 is 0 Å². The van der Waals surface area contributed by atoms with E-state index in [1.807, 2.05) is 36.7 Å². The molecule has 0 amide bonds. The normalized spacial score (nSPS) is 17.5. The zero-order valence-corrected chi connectivity index (χ0v) is 22.0. The highest BCUT2D eigenvalue weighted by Crippen LogP contribution is 2.38. The second kappa shape index (κ2) is 11.3. The van der Waals surface area contributed by atoms with E-state index in [2.05, 4.69) is 45.5 Å². The van der Waals surface area contributed by atoms with Gasteiger partial charge in [0.2, 0.25) is 0 Å². The first-order chi connectivity index (χ1) is 16.0. The number of nitrogens with two attached hydrogens (primary N) is 1. The van der Waals surface area contributed by atoms with Gasteiger partial charge in [-0.15, -0.1) is 35.0 Å². The van der Waals surface area contributed by atoms with Crippen molar-refractivity contribution in [3.8, 4) is 28.0 Å². The molecule has 0 aromatic carbocycles. The minimum absolute atomic E-state index is 0. The first kappa shape index (κ1) is 26.8. The van der Waals surface area contributed by atoms with Gasteiger partial charge >= 0.3 is 0 Å². The average molecular weight is 532 g/mol. The standard InChI is InChI=1S/C24H26N8S.2ClH/c1-14(2)28-20-11-21(22-16(12-25)10-18-4-3-9-32(18)31-22)27-13-19(20)24-30-29-23(33-24)15-5-7-17(26)8-6-15;;/h3-4,9-11,13-15,17H,5-8,26H2,1-2H3,(H,27,28);2*1H/t15-,17-;;. The van der Waals surface area contributed by atoms with Crippen LogP contribution in [0.25, 0.3) is 27.5 Å². The van der Waals surface area contributed by atoms with Gasteiger partial charge in [-0.05, 0) is 63.8 Å². The van der Waals surface area contributed by atoms with E-state index >= 15 is 0 Å². The number of hydrogen-bond acceptors (Lipinski definition) is 8. The third-order valence-electron chi connectivity index (χ3n) is 6.02. The van der Waals surface area contributed by atoms with Crippen LogP contribution in [0.2, 0.25) is 0 Å². The number of anilines is 1. The summed E-state index contributed by atoms with van der Waals surface area (Å²) in [5.74, 6) is 0.431. The highest BCUT2D eigenvalue weighted by Gasteiger charge is 2.24. The summed E-state index contributed by atoms with van der Waals surface area (Å²) < 4.78 is 1.76. The maximum Gasteiger partial charge on any atom is 0.151 e. The van der Waals surface area contributed by atoms with Crippen molar-refractivity contribution in [2.45, 2.75) is 57.5 Å². The Morgan fingerprint density at radius 2 is 1.94 bits per heavy atom. The summed E-state index contributed by atoms with van der Waals surface area (Å²) in [5.41, 5.74) is 10.4. The van der Waals surface area contributed by atoms with Crippen molar-refractivity contribution in [3.05, 3.63) is 47.2 Å². The van der Waals surface area contributed by atoms with E-state index in [-0.39, 0.29) is 30.9 Å². The van der Waals surface area contributed by atoms with Crippen LogP contribution in [0.3, 0.4) is 0 Å². The second-order valence-corrected chi connectivity index (χ2v) is 9.88. The van der Waals surface area contributed by atoms with Gasteiger partial charge in [0.15, 0.2) is 5.01 Å². The first-order valence-corrected chi connectivity index (χ1v) is 12.1. The number of nitrogens with zero attached hydrogens (tertiary/aromatic N) is 6. The average Bonchev–Trinajstić information content (AvgIpc) is 3.47. The molecular weight excluding hydrogens is 503 g/mol. The molecule has 1 aliphatic rings. The number of pyridine rings is 1. The summed E-state index contributed by atoms with van der Waals surface area (Å²) in [7, 11) is 0. The molecule has 1 aliphatic carbocycles. The Hall–Kier alpha value is -2.77. The van der Waals surface area contributed by atoms with E-state index in [4.69, 9.17) is 5.73 Å². The number of nitrogens with one attached hydrogen (secondary N) is 1. The van der Waals surface area contributed by atoms with Crippen molar-refractivity contribution in [1.29, 1.82) is 5.26 Å². The summed E-state index contributed by atoms with van der Waals surface area (Å²) >= 11 is 1.63.